The average Bonchev–Trinajstić information content (AvgIpc) is 2.93. The van der Waals surface area contributed by atoms with Crippen LogP contribution in [0, 0.1) is 0 Å². The minimum atomic E-state index is -2.38. The standard InChI is InChI=1S/C10H14N2.C4H6O6/c1-12-7-3-5-10(12)9-4-2-6-11-8-9;5-1(3(7)8)2(6)4(9)10/h2,4,6,8,10H,3,5,7H2,1H3;1-2,5-6H,(H,7,8)(H,9,10)/t10-;1-,2-/m00/s1. The van der Waals surface area contributed by atoms with Gasteiger partial charge in [-0.3, -0.25) is 4.98 Å². The van der Waals surface area contributed by atoms with Crippen molar-refractivity contribution in [3.05, 3.63) is 30.1 Å². The van der Waals surface area contributed by atoms with Crippen molar-refractivity contribution in [2.75, 3.05) is 13.6 Å². The maximum Gasteiger partial charge on any atom is 0.335 e. The molecule has 1 aromatic rings. The number of carboxylic acids is 2. The molecule has 2 rings (SSSR count). The monoisotopic (exact) mass is 312 g/mol. The van der Waals surface area contributed by atoms with E-state index in [1.165, 1.54) is 24.9 Å². The zero-order valence-corrected chi connectivity index (χ0v) is 12.2. The fourth-order valence-electron chi connectivity index (χ4n) is 2.30. The number of aromatic nitrogens is 1. The van der Waals surface area contributed by atoms with Crippen LogP contribution in [0.3, 0.4) is 0 Å². The van der Waals surface area contributed by atoms with Crippen molar-refractivity contribution in [1.82, 2.24) is 4.98 Å². The Morgan fingerprint density at radius 2 is 2.09 bits per heavy atom. The van der Waals surface area contributed by atoms with Crippen molar-refractivity contribution in [2.24, 2.45) is 0 Å². The molecule has 0 saturated carbocycles. The molecule has 1 unspecified atom stereocenters. The van der Waals surface area contributed by atoms with Crippen molar-refractivity contribution in [2.45, 2.75) is 31.1 Å². The molecule has 1 saturated heterocycles. The highest BCUT2D eigenvalue weighted by atomic mass is 16.4. The third kappa shape index (κ3) is 5.06. The number of carbonyl (C=O) groups excluding carboxylic acids is 1. The normalized spacial score (nSPS) is 23.0. The molecule has 1 fully saturated rings. The van der Waals surface area contributed by atoms with E-state index in [4.69, 9.17) is 15.3 Å². The number of aliphatic hydroxyl groups is 2. The number of carboxylic acid groups (broad SMARTS) is 2. The van der Waals surface area contributed by atoms with Gasteiger partial charge in [-0.2, -0.15) is 0 Å². The summed E-state index contributed by atoms with van der Waals surface area (Å²) in [6.07, 6.45) is 1.80. The lowest BCUT2D eigenvalue weighted by Crippen LogP contribution is -3.07. The van der Waals surface area contributed by atoms with Crippen LogP contribution in [0.2, 0.25) is 0 Å². The summed E-state index contributed by atoms with van der Waals surface area (Å²) in [6.45, 7) is 1.31. The molecule has 2 heterocycles. The predicted octanol–water partition coefficient (Wildman–Crippen LogP) is -3.03. The molecule has 0 aliphatic carbocycles. The first-order chi connectivity index (χ1) is 10.3. The van der Waals surface area contributed by atoms with Gasteiger partial charge in [-0.25, -0.2) is 4.79 Å². The zero-order valence-electron chi connectivity index (χ0n) is 12.2. The highest BCUT2D eigenvalue weighted by Gasteiger charge is 2.26. The van der Waals surface area contributed by atoms with Gasteiger partial charge in [0.2, 0.25) is 0 Å². The van der Waals surface area contributed by atoms with Crippen LogP contribution in [-0.2, 0) is 9.59 Å². The van der Waals surface area contributed by atoms with E-state index in [2.05, 4.69) is 18.1 Å². The summed E-state index contributed by atoms with van der Waals surface area (Å²) < 4.78 is 0. The van der Waals surface area contributed by atoms with E-state index in [9.17, 15) is 14.7 Å². The second-order valence-electron chi connectivity index (χ2n) is 5.12. The lowest BCUT2D eigenvalue weighted by molar-refractivity contribution is -0.898. The van der Waals surface area contributed by atoms with Crippen LogP contribution >= 0.6 is 0 Å². The van der Waals surface area contributed by atoms with E-state index in [1.54, 1.807) is 4.90 Å². The van der Waals surface area contributed by atoms with Crippen LogP contribution in [0.1, 0.15) is 24.4 Å². The molecule has 8 nitrogen and oxygen atoms in total. The smallest absolute Gasteiger partial charge is 0.335 e. The number of hydrogen-bond donors (Lipinski definition) is 4. The minimum absolute atomic E-state index is 0.693. The van der Waals surface area contributed by atoms with Gasteiger partial charge in [-0.15, -0.1) is 0 Å². The Morgan fingerprint density at radius 1 is 1.41 bits per heavy atom. The summed E-state index contributed by atoms with van der Waals surface area (Å²) in [5.41, 5.74) is 1.40. The Hall–Kier alpha value is -2.03. The fourth-order valence-corrected chi connectivity index (χ4v) is 2.30. The number of carbonyl (C=O) groups is 2. The van der Waals surface area contributed by atoms with Gasteiger partial charge in [0.15, 0.2) is 6.10 Å². The lowest BCUT2D eigenvalue weighted by atomic mass is 10.1. The number of pyridine rings is 1. The van der Waals surface area contributed by atoms with Crippen LogP contribution in [0.4, 0.5) is 0 Å². The number of nitrogens with zero attached hydrogens (tertiary/aromatic N) is 1. The van der Waals surface area contributed by atoms with Crippen molar-refractivity contribution >= 4 is 11.9 Å². The van der Waals surface area contributed by atoms with E-state index in [0.29, 0.717) is 6.04 Å². The summed E-state index contributed by atoms with van der Waals surface area (Å²) in [6, 6.07) is 4.91. The van der Waals surface area contributed by atoms with Crippen molar-refractivity contribution in [1.29, 1.82) is 0 Å². The number of aliphatic hydroxyl groups excluding tert-OH is 2. The Bertz CT molecular complexity index is 477. The molecule has 0 spiro atoms. The molecule has 8 heteroatoms. The van der Waals surface area contributed by atoms with E-state index < -0.39 is 24.1 Å². The van der Waals surface area contributed by atoms with Gasteiger partial charge >= 0.3 is 5.97 Å². The maximum atomic E-state index is 9.74. The number of aliphatic carboxylic acids is 2. The molecule has 0 aromatic carbocycles. The van der Waals surface area contributed by atoms with Gasteiger partial charge in [0, 0.05) is 30.8 Å². The molecule has 1 aliphatic heterocycles. The maximum absolute atomic E-state index is 9.74. The topological polar surface area (TPSA) is 135 Å². The lowest BCUT2D eigenvalue weighted by Gasteiger charge is -2.15. The first-order valence-electron chi connectivity index (χ1n) is 6.86. The van der Waals surface area contributed by atoms with Gasteiger partial charge in [-0.05, 0) is 6.07 Å². The van der Waals surface area contributed by atoms with Gasteiger partial charge in [0.05, 0.1) is 19.6 Å². The summed E-state index contributed by atoms with van der Waals surface area (Å²) in [5.74, 6) is -3.83. The summed E-state index contributed by atoms with van der Waals surface area (Å²) in [4.78, 5) is 25.2. The summed E-state index contributed by atoms with van der Waals surface area (Å²) >= 11 is 0. The van der Waals surface area contributed by atoms with Crippen LogP contribution in [0.25, 0.3) is 0 Å². The van der Waals surface area contributed by atoms with Crippen LogP contribution in [0.15, 0.2) is 24.5 Å². The molecule has 4 atom stereocenters. The minimum Gasteiger partial charge on any atom is -0.547 e. The molecule has 0 radical (unpaired) electrons. The predicted molar refractivity (Wildman–Crippen MR) is 72.6 cm³/mol. The Labute approximate surface area is 127 Å². The largest absolute Gasteiger partial charge is 0.547 e. The van der Waals surface area contributed by atoms with Gasteiger partial charge < -0.3 is 30.1 Å². The molecule has 1 aromatic heterocycles. The molecule has 1 aliphatic rings. The van der Waals surface area contributed by atoms with Crippen molar-refractivity contribution < 1.29 is 34.9 Å². The Balaban J connectivity index is 0.000000225. The van der Waals surface area contributed by atoms with Gasteiger partial charge in [-0.1, -0.05) is 6.07 Å². The molecule has 4 N–H and O–H groups in total. The van der Waals surface area contributed by atoms with Crippen LogP contribution in [0.5, 0.6) is 0 Å². The third-order valence-corrected chi connectivity index (χ3v) is 3.54. The number of quaternary nitrogens is 1. The quantitative estimate of drug-likeness (QED) is 0.464. The average molecular weight is 312 g/mol. The molecular weight excluding hydrogens is 292 g/mol. The van der Waals surface area contributed by atoms with Gasteiger partial charge in [0.1, 0.15) is 12.1 Å². The van der Waals surface area contributed by atoms with E-state index >= 15 is 0 Å². The zero-order chi connectivity index (χ0) is 16.7. The van der Waals surface area contributed by atoms with E-state index in [1.807, 2.05) is 18.5 Å². The molecule has 22 heavy (non-hydrogen) atoms. The Kier molecular flexibility index (Phi) is 6.90. The van der Waals surface area contributed by atoms with Crippen LogP contribution in [-0.4, -0.2) is 58.0 Å². The second-order valence-corrected chi connectivity index (χ2v) is 5.12. The van der Waals surface area contributed by atoms with Crippen LogP contribution < -0.4 is 10.0 Å². The highest BCUT2D eigenvalue weighted by molar-refractivity contribution is 5.82. The van der Waals surface area contributed by atoms with E-state index in [0.717, 1.165) is 0 Å². The molecule has 122 valence electrons. The van der Waals surface area contributed by atoms with Gasteiger partial charge in [0.25, 0.3) is 0 Å². The second kappa shape index (κ2) is 8.42. The number of nitrogens with one attached hydrogen (secondary N) is 1. The summed E-state index contributed by atoms with van der Waals surface area (Å²) in [7, 11) is 2.27. The number of hydrogen-bond acceptors (Lipinski definition) is 6. The molecule has 0 bridgehead atoms. The highest BCUT2D eigenvalue weighted by Crippen LogP contribution is 2.16. The van der Waals surface area contributed by atoms with E-state index in [-0.39, 0.29) is 0 Å². The van der Waals surface area contributed by atoms with Crippen molar-refractivity contribution in [3.63, 3.8) is 0 Å². The SMILES string of the molecule is C[NH+]1CCC[C@H]1c1cccnc1.O=C([O-])[C@@H](O)[C@H](O)C(=O)O. The number of likely N-dealkylation sites (tertiary alicyclic amines) is 1. The summed E-state index contributed by atoms with van der Waals surface area (Å²) in [5, 5.41) is 34.1. The van der Waals surface area contributed by atoms with Crippen molar-refractivity contribution in [3.8, 4) is 0 Å². The first-order valence-corrected chi connectivity index (χ1v) is 6.86. The molecule has 0 amide bonds. The number of rotatable bonds is 4. The third-order valence-electron chi connectivity index (χ3n) is 3.54. The molecular formula is C14H20N2O6. The fraction of sp³-hybridized carbons (Fsp3) is 0.500. The Morgan fingerprint density at radius 3 is 2.45 bits per heavy atom. The first kappa shape index (κ1) is 18.0.